The van der Waals surface area contributed by atoms with Gasteiger partial charge in [-0.05, 0) is 31.5 Å². The van der Waals surface area contributed by atoms with E-state index in [4.69, 9.17) is 10.4 Å². The number of nitrogens with zero attached hydrogens (tertiary/aromatic N) is 2. The molecule has 0 aromatic heterocycles. The molecule has 21 heavy (non-hydrogen) atoms. The van der Waals surface area contributed by atoms with Crippen molar-refractivity contribution in [2.75, 3.05) is 25.0 Å². The van der Waals surface area contributed by atoms with Crippen molar-refractivity contribution in [2.24, 2.45) is 5.92 Å². The normalized spacial score (nSPS) is 18.7. The second-order valence-electron chi connectivity index (χ2n) is 5.12. The summed E-state index contributed by atoms with van der Waals surface area (Å²) in [5.74, 6) is -1.45. The third kappa shape index (κ3) is 4.04. The number of nitrogens with one attached hydrogen (secondary N) is 1. The number of carboxylic acids is 1. The Kier molecular flexibility index (Phi) is 4.90. The third-order valence-corrected chi connectivity index (χ3v) is 3.54. The molecular weight excluding hydrogens is 270 g/mol. The maximum atomic E-state index is 12.0. The Balaban J connectivity index is 1.93. The summed E-state index contributed by atoms with van der Waals surface area (Å²) in [6.45, 7) is 1.25. The molecule has 6 nitrogen and oxygen atoms in total. The van der Waals surface area contributed by atoms with Crippen molar-refractivity contribution >= 4 is 17.6 Å². The SMILES string of the molecule is N#Cc1ccccc1NC(=O)CN1CCCC(C(=O)O)C1. The van der Waals surface area contributed by atoms with Crippen LogP contribution in [0.4, 0.5) is 5.69 Å². The molecule has 1 heterocycles. The second kappa shape index (κ2) is 6.86. The lowest BCUT2D eigenvalue weighted by molar-refractivity contribution is -0.144. The monoisotopic (exact) mass is 287 g/mol. The van der Waals surface area contributed by atoms with E-state index in [1.165, 1.54) is 0 Å². The van der Waals surface area contributed by atoms with Gasteiger partial charge in [0, 0.05) is 6.54 Å². The van der Waals surface area contributed by atoms with Gasteiger partial charge >= 0.3 is 5.97 Å². The molecule has 0 bridgehead atoms. The molecule has 0 radical (unpaired) electrons. The quantitative estimate of drug-likeness (QED) is 0.870. The average Bonchev–Trinajstić information content (AvgIpc) is 2.48. The van der Waals surface area contributed by atoms with Crippen LogP contribution in [0.25, 0.3) is 0 Å². The molecule has 1 saturated heterocycles. The van der Waals surface area contributed by atoms with E-state index in [1.807, 2.05) is 11.0 Å². The molecule has 1 amide bonds. The Morgan fingerprint density at radius 1 is 1.43 bits per heavy atom. The largest absolute Gasteiger partial charge is 0.481 e. The van der Waals surface area contributed by atoms with E-state index in [1.54, 1.807) is 24.3 Å². The second-order valence-corrected chi connectivity index (χ2v) is 5.12. The number of para-hydroxylation sites is 1. The fourth-order valence-electron chi connectivity index (χ4n) is 2.48. The fourth-order valence-corrected chi connectivity index (χ4v) is 2.48. The number of amides is 1. The van der Waals surface area contributed by atoms with Crippen molar-refractivity contribution in [3.63, 3.8) is 0 Å². The molecule has 6 heteroatoms. The summed E-state index contributed by atoms with van der Waals surface area (Å²) in [7, 11) is 0. The summed E-state index contributed by atoms with van der Waals surface area (Å²) in [4.78, 5) is 24.9. The number of anilines is 1. The lowest BCUT2D eigenvalue weighted by atomic mass is 9.98. The maximum Gasteiger partial charge on any atom is 0.307 e. The maximum absolute atomic E-state index is 12.0. The summed E-state index contributed by atoms with van der Waals surface area (Å²) in [6, 6.07) is 8.81. The lowest BCUT2D eigenvalue weighted by Crippen LogP contribution is -2.42. The average molecular weight is 287 g/mol. The van der Waals surface area contributed by atoms with E-state index in [0.29, 0.717) is 24.2 Å². The predicted molar refractivity (Wildman–Crippen MR) is 76.6 cm³/mol. The van der Waals surface area contributed by atoms with Gasteiger partial charge in [0.2, 0.25) is 5.91 Å². The molecule has 1 unspecified atom stereocenters. The number of likely N-dealkylation sites (tertiary alicyclic amines) is 1. The first-order valence-corrected chi connectivity index (χ1v) is 6.84. The highest BCUT2D eigenvalue weighted by molar-refractivity contribution is 5.93. The van der Waals surface area contributed by atoms with Crippen molar-refractivity contribution < 1.29 is 14.7 Å². The molecule has 110 valence electrons. The number of carbonyl (C=O) groups is 2. The van der Waals surface area contributed by atoms with Crippen LogP contribution in [0.1, 0.15) is 18.4 Å². The highest BCUT2D eigenvalue weighted by atomic mass is 16.4. The van der Waals surface area contributed by atoms with E-state index in [2.05, 4.69) is 5.32 Å². The Labute approximate surface area is 123 Å². The summed E-state index contributed by atoms with van der Waals surface area (Å²) in [5.41, 5.74) is 0.893. The van der Waals surface area contributed by atoms with Gasteiger partial charge < -0.3 is 10.4 Å². The van der Waals surface area contributed by atoms with Gasteiger partial charge in [0.15, 0.2) is 0 Å². The van der Waals surface area contributed by atoms with E-state index >= 15 is 0 Å². The molecule has 1 aromatic carbocycles. The number of carboxylic acid groups (broad SMARTS) is 1. The smallest absolute Gasteiger partial charge is 0.307 e. The van der Waals surface area contributed by atoms with Crippen molar-refractivity contribution in [2.45, 2.75) is 12.8 Å². The first kappa shape index (κ1) is 15.0. The van der Waals surface area contributed by atoms with Crippen LogP contribution in [-0.2, 0) is 9.59 Å². The van der Waals surface area contributed by atoms with Gasteiger partial charge in [-0.2, -0.15) is 5.26 Å². The molecule has 1 aliphatic rings. The molecule has 2 N–H and O–H groups in total. The van der Waals surface area contributed by atoms with E-state index in [0.717, 1.165) is 13.0 Å². The molecule has 1 aromatic rings. The van der Waals surface area contributed by atoms with Crippen molar-refractivity contribution in [3.05, 3.63) is 29.8 Å². The molecule has 0 aliphatic carbocycles. The van der Waals surface area contributed by atoms with Gasteiger partial charge in [-0.1, -0.05) is 12.1 Å². The van der Waals surface area contributed by atoms with Gasteiger partial charge in [-0.3, -0.25) is 14.5 Å². The zero-order valence-corrected chi connectivity index (χ0v) is 11.6. The fraction of sp³-hybridized carbons (Fsp3) is 0.400. The van der Waals surface area contributed by atoms with Crippen LogP contribution in [0.2, 0.25) is 0 Å². The zero-order chi connectivity index (χ0) is 15.2. The van der Waals surface area contributed by atoms with Crippen LogP contribution >= 0.6 is 0 Å². The Hall–Kier alpha value is -2.39. The van der Waals surface area contributed by atoms with Crippen molar-refractivity contribution in [3.8, 4) is 6.07 Å². The molecule has 1 fully saturated rings. The lowest BCUT2D eigenvalue weighted by Gasteiger charge is -2.29. The number of hydrogen-bond donors (Lipinski definition) is 2. The summed E-state index contributed by atoms with van der Waals surface area (Å²) >= 11 is 0. The third-order valence-electron chi connectivity index (χ3n) is 3.54. The Morgan fingerprint density at radius 3 is 2.90 bits per heavy atom. The Morgan fingerprint density at radius 2 is 2.19 bits per heavy atom. The van der Waals surface area contributed by atoms with Crippen LogP contribution in [0.3, 0.4) is 0 Å². The number of rotatable bonds is 4. The van der Waals surface area contributed by atoms with Gasteiger partial charge in [-0.15, -0.1) is 0 Å². The standard InChI is InChI=1S/C15H17N3O3/c16-8-11-4-1-2-6-13(11)17-14(19)10-18-7-3-5-12(9-18)15(20)21/h1-2,4,6,12H,3,5,7,9-10H2,(H,17,19)(H,20,21). The number of hydrogen-bond acceptors (Lipinski definition) is 4. The van der Waals surface area contributed by atoms with Crippen LogP contribution in [-0.4, -0.2) is 41.5 Å². The summed E-state index contributed by atoms with van der Waals surface area (Å²) in [6.07, 6.45) is 1.43. The van der Waals surface area contributed by atoms with E-state index in [9.17, 15) is 9.59 Å². The number of benzene rings is 1. The number of nitriles is 1. The minimum Gasteiger partial charge on any atom is -0.481 e. The van der Waals surface area contributed by atoms with Crippen molar-refractivity contribution in [1.82, 2.24) is 4.90 Å². The van der Waals surface area contributed by atoms with Crippen LogP contribution in [0.5, 0.6) is 0 Å². The van der Waals surface area contributed by atoms with Gasteiger partial charge in [-0.25, -0.2) is 0 Å². The van der Waals surface area contributed by atoms with Crippen LogP contribution in [0.15, 0.2) is 24.3 Å². The highest BCUT2D eigenvalue weighted by Gasteiger charge is 2.26. The molecule has 0 saturated carbocycles. The van der Waals surface area contributed by atoms with Gasteiger partial charge in [0.05, 0.1) is 23.7 Å². The molecule has 0 spiro atoms. The van der Waals surface area contributed by atoms with Crippen molar-refractivity contribution in [1.29, 1.82) is 5.26 Å². The molecule has 1 atom stereocenters. The highest BCUT2D eigenvalue weighted by Crippen LogP contribution is 2.17. The summed E-state index contributed by atoms with van der Waals surface area (Å²) < 4.78 is 0. The first-order chi connectivity index (χ1) is 10.1. The zero-order valence-electron chi connectivity index (χ0n) is 11.6. The topological polar surface area (TPSA) is 93.4 Å². The van der Waals surface area contributed by atoms with Crippen LogP contribution in [0, 0.1) is 17.2 Å². The number of carbonyl (C=O) groups excluding carboxylic acids is 1. The Bertz CT molecular complexity index is 580. The van der Waals surface area contributed by atoms with E-state index < -0.39 is 11.9 Å². The van der Waals surface area contributed by atoms with E-state index in [-0.39, 0.29) is 12.5 Å². The molecule has 1 aliphatic heterocycles. The summed E-state index contributed by atoms with van der Waals surface area (Å²) in [5, 5.41) is 20.7. The van der Waals surface area contributed by atoms with Gasteiger partial charge in [0.25, 0.3) is 0 Å². The minimum absolute atomic E-state index is 0.142. The van der Waals surface area contributed by atoms with Gasteiger partial charge in [0.1, 0.15) is 6.07 Å². The minimum atomic E-state index is -0.810. The number of aliphatic carboxylic acids is 1. The van der Waals surface area contributed by atoms with Crippen LogP contribution < -0.4 is 5.32 Å². The molecule has 2 rings (SSSR count). The predicted octanol–water partition coefficient (Wildman–Crippen LogP) is 1.29. The number of piperidine rings is 1. The first-order valence-electron chi connectivity index (χ1n) is 6.84. The molecular formula is C15H17N3O3.